The first-order chi connectivity index (χ1) is 10.2. The molecule has 0 unspecified atom stereocenters. The number of aliphatic hydroxyl groups excluding tert-OH is 6. The van der Waals surface area contributed by atoms with Crippen molar-refractivity contribution in [3.05, 3.63) is 0 Å². The Kier molecular flexibility index (Phi) is 18.9. The Balaban J connectivity index is -0.000000266. The Morgan fingerprint density at radius 3 is 0.682 bits per heavy atom. The van der Waals surface area contributed by atoms with Gasteiger partial charge in [0, 0.05) is 10.8 Å². The van der Waals surface area contributed by atoms with E-state index in [1.165, 1.54) is 0 Å². The van der Waals surface area contributed by atoms with Crippen LogP contribution < -0.4 is 0 Å². The maximum atomic E-state index is 8.66. The molecule has 0 aromatic rings. The molecule has 22 heavy (non-hydrogen) atoms. The zero-order valence-corrected chi connectivity index (χ0v) is 13.3. The van der Waals surface area contributed by atoms with Gasteiger partial charge in [-0.3, -0.25) is 0 Å². The van der Waals surface area contributed by atoms with Gasteiger partial charge in [-0.1, -0.05) is 13.8 Å². The third-order valence-corrected chi connectivity index (χ3v) is 3.51. The smallest absolute Gasteiger partial charge is 0.402 e. The molecule has 0 rings (SSSR count). The topological polar surface area (TPSA) is 182 Å². The maximum Gasteiger partial charge on any atom is 0.631 e. The van der Waals surface area contributed by atoms with Gasteiger partial charge >= 0.3 is 7.32 Å². The average molecular weight is 330 g/mol. The largest absolute Gasteiger partial charge is 0.631 e. The Hall–Kier alpha value is -0.295. The molecule has 0 aromatic carbocycles. The standard InChI is InChI=1S/2C6H14O3.BH3O3/c2*1-2-6(3-7,4-8)5-9;2-1(3)4/h2*7-9H,2-5H2,1H3;2-4H. The lowest BCUT2D eigenvalue weighted by atomic mass is 9.88. The summed E-state index contributed by atoms with van der Waals surface area (Å²) in [5, 5.41) is 73.4. The Labute approximate surface area is 131 Å². The molecule has 0 aliphatic heterocycles. The van der Waals surface area contributed by atoms with E-state index in [1.807, 2.05) is 13.8 Å². The summed E-state index contributed by atoms with van der Waals surface area (Å²) in [6.45, 7) is 2.71. The van der Waals surface area contributed by atoms with Crippen molar-refractivity contribution in [2.45, 2.75) is 26.7 Å². The van der Waals surface area contributed by atoms with Crippen molar-refractivity contribution < 1.29 is 45.7 Å². The zero-order chi connectivity index (χ0) is 18.2. The van der Waals surface area contributed by atoms with Crippen LogP contribution in [0.5, 0.6) is 0 Å². The molecule has 0 radical (unpaired) electrons. The molecule has 0 saturated carbocycles. The fraction of sp³-hybridized carbons (Fsp3) is 1.00. The second kappa shape index (κ2) is 15.6. The quantitative estimate of drug-likeness (QED) is 0.205. The van der Waals surface area contributed by atoms with E-state index in [4.69, 9.17) is 45.7 Å². The molecule has 136 valence electrons. The maximum absolute atomic E-state index is 8.66. The number of aliphatic hydroxyl groups is 6. The van der Waals surface area contributed by atoms with Crippen LogP contribution in [0, 0.1) is 10.8 Å². The monoisotopic (exact) mass is 330 g/mol. The van der Waals surface area contributed by atoms with Gasteiger partial charge in [0.05, 0.1) is 39.6 Å². The van der Waals surface area contributed by atoms with Crippen LogP contribution >= 0.6 is 0 Å². The normalized spacial score (nSPS) is 11.0. The van der Waals surface area contributed by atoms with E-state index in [1.54, 1.807) is 0 Å². The number of hydrogen-bond donors (Lipinski definition) is 9. The van der Waals surface area contributed by atoms with Crippen molar-refractivity contribution in [1.82, 2.24) is 0 Å². The fourth-order valence-electron chi connectivity index (χ4n) is 0.971. The molecule has 0 atom stereocenters. The van der Waals surface area contributed by atoms with E-state index < -0.39 is 18.2 Å². The lowest BCUT2D eigenvalue weighted by molar-refractivity contribution is 0.00275. The molecule has 0 fully saturated rings. The van der Waals surface area contributed by atoms with Gasteiger partial charge in [0.2, 0.25) is 0 Å². The predicted molar refractivity (Wildman–Crippen MR) is 80.4 cm³/mol. The number of rotatable bonds is 8. The molecule has 0 amide bonds. The van der Waals surface area contributed by atoms with Crippen LogP contribution in [0.25, 0.3) is 0 Å². The molecular formula is C12H31BO9. The van der Waals surface area contributed by atoms with E-state index in [0.717, 1.165) is 0 Å². The van der Waals surface area contributed by atoms with Crippen LogP contribution in [0.4, 0.5) is 0 Å². The summed E-state index contributed by atoms with van der Waals surface area (Å²) < 4.78 is 0. The van der Waals surface area contributed by atoms with E-state index in [-0.39, 0.29) is 39.6 Å². The van der Waals surface area contributed by atoms with Crippen LogP contribution in [-0.2, 0) is 0 Å². The second-order valence-corrected chi connectivity index (χ2v) is 5.00. The van der Waals surface area contributed by atoms with E-state index in [9.17, 15) is 0 Å². The summed E-state index contributed by atoms with van der Waals surface area (Å²) in [6.07, 6.45) is 1.19. The van der Waals surface area contributed by atoms with Gasteiger partial charge < -0.3 is 45.7 Å². The summed E-state index contributed by atoms with van der Waals surface area (Å²) >= 11 is 0. The minimum atomic E-state index is -2.17. The first kappa shape index (κ1) is 26.6. The SMILES string of the molecule is CCC(CO)(CO)CO.CCC(CO)(CO)CO.OB(O)O. The molecule has 0 spiro atoms. The summed E-state index contributed by atoms with van der Waals surface area (Å²) in [5.74, 6) is 0. The second-order valence-electron chi connectivity index (χ2n) is 5.00. The summed E-state index contributed by atoms with van der Waals surface area (Å²) in [4.78, 5) is 0. The third-order valence-electron chi connectivity index (χ3n) is 3.51. The van der Waals surface area contributed by atoms with Crippen molar-refractivity contribution in [2.75, 3.05) is 39.6 Å². The van der Waals surface area contributed by atoms with Crippen LogP contribution in [0.3, 0.4) is 0 Å². The van der Waals surface area contributed by atoms with Crippen LogP contribution in [0.1, 0.15) is 26.7 Å². The van der Waals surface area contributed by atoms with Crippen molar-refractivity contribution in [1.29, 1.82) is 0 Å². The Bertz CT molecular complexity index is 163. The molecule has 9 nitrogen and oxygen atoms in total. The van der Waals surface area contributed by atoms with Crippen LogP contribution in [0.2, 0.25) is 0 Å². The van der Waals surface area contributed by atoms with Crippen molar-refractivity contribution in [3.63, 3.8) is 0 Å². The summed E-state index contributed by atoms with van der Waals surface area (Å²) in [6, 6.07) is 0. The van der Waals surface area contributed by atoms with Gasteiger partial charge in [-0.05, 0) is 12.8 Å². The predicted octanol–water partition coefficient (Wildman–Crippen LogP) is -3.33. The minimum absolute atomic E-state index is 0.156. The van der Waals surface area contributed by atoms with Gasteiger partial charge in [0.1, 0.15) is 0 Å². The fourth-order valence-corrected chi connectivity index (χ4v) is 0.971. The highest BCUT2D eigenvalue weighted by Gasteiger charge is 2.25. The van der Waals surface area contributed by atoms with Gasteiger partial charge in [-0.15, -0.1) is 0 Å². The molecule has 9 N–H and O–H groups in total. The first-order valence-corrected chi connectivity index (χ1v) is 6.91. The summed E-state index contributed by atoms with van der Waals surface area (Å²) in [7, 11) is -2.17. The van der Waals surface area contributed by atoms with Crippen LogP contribution in [0.15, 0.2) is 0 Å². The molecule has 0 saturated heterocycles. The highest BCUT2D eigenvalue weighted by atomic mass is 16.5. The molecule has 0 aromatic heterocycles. The molecule has 0 aliphatic carbocycles. The molecule has 0 bridgehead atoms. The van der Waals surface area contributed by atoms with Gasteiger partial charge in [-0.25, -0.2) is 0 Å². The molecule has 10 heteroatoms. The average Bonchev–Trinajstić information content (AvgIpc) is 2.53. The van der Waals surface area contributed by atoms with Crippen molar-refractivity contribution in [3.8, 4) is 0 Å². The minimum Gasteiger partial charge on any atom is -0.402 e. The van der Waals surface area contributed by atoms with Crippen molar-refractivity contribution >= 4 is 7.32 Å². The van der Waals surface area contributed by atoms with E-state index in [2.05, 4.69) is 0 Å². The lowest BCUT2D eigenvalue weighted by Crippen LogP contribution is -2.32. The van der Waals surface area contributed by atoms with Gasteiger partial charge in [0.15, 0.2) is 0 Å². The Morgan fingerprint density at radius 2 is 0.682 bits per heavy atom. The third kappa shape index (κ3) is 12.3. The van der Waals surface area contributed by atoms with Crippen LogP contribution in [-0.4, -0.2) is 92.7 Å². The highest BCUT2D eigenvalue weighted by Crippen LogP contribution is 2.18. The van der Waals surface area contributed by atoms with Crippen molar-refractivity contribution in [2.24, 2.45) is 10.8 Å². The van der Waals surface area contributed by atoms with Gasteiger partial charge in [-0.2, -0.15) is 0 Å². The number of hydrogen-bond acceptors (Lipinski definition) is 9. The van der Waals surface area contributed by atoms with E-state index in [0.29, 0.717) is 12.8 Å². The molecule has 0 heterocycles. The highest BCUT2D eigenvalue weighted by molar-refractivity contribution is 6.30. The molecule has 0 aliphatic rings. The van der Waals surface area contributed by atoms with E-state index >= 15 is 0 Å². The Morgan fingerprint density at radius 1 is 0.545 bits per heavy atom. The lowest BCUT2D eigenvalue weighted by Gasteiger charge is -2.24. The molecular weight excluding hydrogens is 299 g/mol. The summed E-state index contributed by atoms with van der Waals surface area (Å²) in [5.41, 5.74) is -1.33. The first-order valence-electron chi connectivity index (χ1n) is 6.91. The zero-order valence-electron chi connectivity index (χ0n) is 13.3. The van der Waals surface area contributed by atoms with Gasteiger partial charge in [0.25, 0.3) is 0 Å².